The van der Waals surface area contributed by atoms with E-state index in [0.717, 1.165) is 6.42 Å². The van der Waals surface area contributed by atoms with Crippen LogP contribution in [0.15, 0.2) is 24.3 Å². The van der Waals surface area contributed by atoms with Crippen molar-refractivity contribution < 1.29 is 19.4 Å². The Morgan fingerprint density at radius 2 is 2.15 bits per heavy atom. The molecule has 5 heteroatoms. The quantitative estimate of drug-likeness (QED) is 0.834. The number of hydrogen-bond donors (Lipinski definition) is 2. The lowest BCUT2D eigenvalue weighted by molar-refractivity contribution is -0.144. The van der Waals surface area contributed by atoms with Gasteiger partial charge in [0, 0.05) is 6.42 Å². The molecule has 20 heavy (non-hydrogen) atoms. The van der Waals surface area contributed by atoms with Gasteiger partial charge >= 0.3 is 5.97 Å². The normalized spacial score (nSPS) is 25.4. The number of ether oxygens (including phenoxy) is 2. The van der Waals surface area contributed by atoms with Crippen molar-refractivity contribution in [3.63, 3.8) is 0 Å². The number of carbonyl (C=O) groups is 1. The number of carboxylic acids is 1. The molecule has 110 valence electrons. The van der Waals surface area contributed by atoms with Crippen molar-refractivity contribution >= 4 is 5.97 Å². The zero-order valence-electron chi connectivity index (χ0n) is 11.9. The standard InChI is InChI=1S/C15H21NO4/c1-3-16-15(14(17)18)9-8-11(10-15)20-13-7-5-4-6-12(13)19-2/h4-7,11,16H,3,8-10H2,1-2H3,(H,17,18). The predicted molar refractivity (Wildman–Crippen MR) is 75.3 cm³/mol. The third-order valence-corrected chi connectivity index (χ3v) is 3.76. The van der Waals surface area contributed by atoms with E-state index in [1.807, 2.05) is 31.2 Å². The molecule has 2 atom stereocenters. The van der Waals surface area contributed by atoms with Crippen molar-refractivity contribution in [3.05, 3.63) is 24.3 Å². The van der Waals surface area contributed by atoms with Crippen LogP contribution in [0.4, 0.5) is 0 Å². The van der Waals surface area contributed by atoms with Crippen LogP contribution >= 0.6 is 0 Å². The highest BCUT2D eigenvalue weighted by Gasteiger charge is 2.46. The fourth-order valence-electron chi connectivity index (χ4n) is 2.77. The number of benzene rings is 1. The average molecular weight is 279 g/mol. The van der Waals surface area contributed by atoms with E-state index < -0.39 is 11.5 Å². The van der Waals surface area contributed by atoms with Gasteiger partial charge in [0.15, 0.2) is 11.5 Å². The summed E-state index contributed by atoms with van der Waals surface area (Å²) < 4.78 is 11.2. The number of likely N-dealkylation sites (N-methyl/N-ethyl adjacent to an activating group) is 1. The first-order valence-electron chi connectivity index (χ1n) is 6.89. The molecule has 0 bridgehead atoms. The molecular formula is C15H21NO4. The zero-order chi connectivity index (χ0) is 14.6. The number of methoxy groups -OCH3 is 1. The summed E-state index contributed by atoms with van der Waals surface area (Å²) in [5.74, 6) is 0.534. The molecule has 0 aromatic heterocycles. The molecule has 2 N–H and O–H groups in total. The Labute approximate surface area is 118 Å². The highest BCUT2D eigenvalue weighted by Crippen LogP contribution is 2.35. The number of nitrogens with one attached hydrogen (secondary N) is 1. The molecule has 0 aliphatic heterocycles. The van der Waals surface area contributed by atoms with Crippen molar-refractivity contribution in [2.24, 2.45) is 0 Å². The van der Waals surface area contributed by atoms with E-state index in [1.165, 1.54) is 0 Å². The van der Waals surface area contributed by atoms with E-state index in [1.54, 1.807) is 7.11 Å². The molecule has 1 aliphatic carbocycles. The third-order valence-electron chi connectivity index (χ3n) is 3.76. The van der Waals surface area contributed by atoms with Crippen LogP contribution in [0.1, 0.15) is 26.2 Å². The molecule has 1 saturated carbocycles. The molecule has 1 aliphatic rings. The van der Waals surface area contributed by atoms with Crippen molar-refractivity contribution in [2.45, 2.75) is 37.8 Å². The topological polar surface area (TPSA) is 67.8 Å². The van der Waals surface area contributed by atoms with Gasteiger partial charge in [-0.2, -0.15) is 0 Å². The van der Waals surface area contributed by atoms with Gasteiger partial charge in [0.2, 0.25) is 0 Å². The molecule has 0 spiro atoms. The summed E-state index contributed by atoms with van der Waals surface area (Å²) in [7, 11) is 1.59. The second-order valence-electron chi connectivity index (χ2n) is 5.05. The SMILES string of the molecule is CCNC1(C(=O)O)CCC(Oc2ccccc2OC)C1. The van der Waals surface area contributed by atoms with Crippen molar-refractivity contribution in [1.29, 1.82) is 0 Å². The highest BCUT2D eigenvalue weighted by molar-refractivity contribution is 5.79. The van der Waals surface area contributed by atoms with Crippen LogP contribution in [0.2, 0.25) is 0 Å². The van der Waals surface area contributed by atoms with E-state index in [9.17, 15) is 9.90 Å². The van der Waals surface area contributed by atoms with Crippen molar-refractivity contribution in [2.75, 3.05) is 13.7 Å². The minimum Gasteiger partial charge on any atom is -0.493 e. The predicted octanol–water partition coefficient (Wildman–Crippen LogP) is 2.06. The van der Waals surface area contributed by atoms with Crippen LogP contribution in [-0.2, 0) is 4.79 Å². The van der Waals surface area contributed by atoms with E-state index >= 15 is 0 Å². The lowest BCUT2D eigenvalue weighted by Crippen LogP contribution is -2.50. The Bertz CT molecular complexity index is 477. The Morgan fingerprint density at radius 1 is 1.45 bits per heavy atom. The fraction of sp³-hybridized carbons (Fsp3) is 0.533. The highest BCUT2D eigenvalue weighted by atomic mass is 16.5. The Balaban J connectivity index is 2.07. The first-order valence-corrected chi connectivity index (χ1v) is 6.89. The maximum atomic E-state index is 11.5. The van der Waals surface area contributed by atoms with Gasteiger partial charge in [-0.15, -0.1) is 0 Å². The minimum atomic E-state index is -0.860. The summed E-state index contributed by atoms with van der Waals surface area (Å²) in [5.41, 5.74) is -0.860. The van der Waals surface area contributed by atoms with Crippen LogP contribution in [0.3, 0.4) is 0 Å². The molecule has 2 unspecified atom stereocenters. The van der Waals surface area contributed by atoms with Crippen LogP contribution in [0.25, 0.3) is 0 Å². The fourth-order valence-corrected chi connectivity index (χ4v) is 2.77. The van der Waals surface area contributed by atoms with Gasteiger partial charge in [-0.05, 0) is 31.5 Å². The van der Waals surface area contributed by atoms with Gasteiger partial charge in [0.25, 0.3) is 0 Å². The third kappa shape index (κ3) is 2.88. The van der Waals surface area contributed by atoms with Crippen LogP contribution in [0, 0.1) is 0 Å². The average Bonchev–Trinajstić information content (AvgIpc) is 2.84. The summed E-state index contributed by atoms with van der Waals surface area (Å²) in [5, 5.41) is 12.5. The second-order valence-corrected chi connectivity index (χ2v) is 5.05. The Kier molecular flexibility index (Phi) is 4.49. The van der Waals surface area contributed by atoms with E-state index in [4.69, 9.17) is 9.47 Å². The van der Waals surface area contributed by atoms with Gasteiger partial charge in [-0.3, -0.25) is 4.79 Å². The molecule has 1 aromatic carbocycles. The van der Waals surface area contributed by atoms with Crippen molar-refractivity contribution in [1.82, 2.24) is 5.32 Å². The van der Waals surface area contributed by atoms with E-state index in [-0.39, 0.29) is 6.10 Å². The number of rotatable bonds is 6. The van der Waals surface area contributed by atoms with E-state index in [2.05, 4.69) is 5.32 Å². The van der Waals surface area contributed by atoms with Gasteiger partial charge in [-0.1, -0.05) is 19.1 Å². The van der Waals surface area contributed by atoms with Gasteiger partial charge in [0.05, 0.1) is 7.11 Å². The molecule has 0 heterocycles. The maximum Gasteiger partial charge on any atom is 0.324 e. The largest absolute Gasteiger partial charge is 0.493 e. The first kappa shape index (κ1) is 14.7. The molecule has 5 nitrogen and oxygen atoms in total. The van der Waals surface area contributed by atoms with Crippen molar-refractivity contribution in [3.8, 4) is 11.5 Å². The van der Waals surface area contributed by atoms with Gasteiger partial charge < -0.3 is 19.9 Å². The number of aliphatic carboxylic acids is 1. The molecular weight excluding hydrogens is 258 g/mol. The van der Waals surface area contributed by atoms with E-state index in [0.29, 0.717) is 30.9 Å². The molecule has 0 radical (unpaired) electrons. The maximum absolute atomic E-state index is 11.5. The molecule has 0 saturated heterocycles. The Morgan fingerprint density at radius 3 is 2.75 bits per heavy atom. The van der Waals surface area contributed by atoms with Crippen LogP contribution < -0.4 is 14.8 Å². The zero-order valence-corrected chi connectivity index (χ0v) is 11.9. The second kappa shape index (κ2) is 6.13. The summed E-state index contributed by atoms with van der Waals surface area (Å²) in [6.07, 6.45) is 1.66. The van der Waals surface area contributed by atoms with Gasteiger partial charge in [0.1, 0.15) is 11.6 Å². The smallest absolute Gasteiger partial charge is 0.324 e. The summed E-state index contributed by atoms with van der Waals surface area (Å²) in [4.78, 5) is 11.5. The lowest BCUT2D eigenvalue weighted by atomic mass is 9.98. The Hall–Kier alpha value is -1.75. The van der Waals surface area contributed by atoms with Crippen LogP contribution in [0.5, 0.6) is 11.5 Å². The summed E-state index contributed by atoms with van der Waals surface area (Å²) in [6, 6.07) is 7.42. The molecule has 0 amide bonds. The number of carboxylic acid groups (broad SMARTS) is 1. The van der Waals surface area contributed by atoms with Gasteiger partial charge in [-0.25, -0.2) is 0 Å². The van der Waals surface area contributed by atoms with Crippen LogP contribution in [-0.4, -0.2) is 36.4 Å². The summed E-state index contributed by atoms with van der Waals surface area (Å²) in [6.45, 7) is 2.55. The lowest BCUT2D eigenvalue weighted by Gasteiger charge is -2.25. The monoisotopic (exact) mass is 279 g/mol. The molecule has 1 fully saturated rings. The number of para-hydroxylation sites is 2. The molecule has 1 aromatic rings. The molecule has 2 rings (SSSR count). The first-order chi connectivity index (χ1) is 9.61. The summed E-state index contributed by atoms with van der Waals surface area (Å²) >= 11 is 0. The number of hydrogen-bond acceptors (Lipinski definition) is 4. The minimum absolute atomic E-state index is 0.110.